The summed E-state index contributed by atoms with van der Waals surface area (Å²) >= 11 is 1.72. The first-order chi connectivity index (χ1) is 16.8. The van der Waals surface area contributed by atoms with Crippen molar-refractivity contribution in [2.45, 2.75) is 43.3 Å². The molecule has 0 unspecified atom stereocenters. The first-order valence-electron chi connectivity index (χ1n) is 11.5. The summed E-state index contributed by atoms with van der Waals surface area (Å²) in [5.41, 5.74) is 3.28. The van der Waals surface area contributed by atoms with E-state index in [9.17, 15) is 0 Å². The molecule has 4 aromatic heterocycles. The zero-order valence-corrected chi connectivity index (χ0v) is 19.4. The summed E-state index contributed by atoms with van der Waals surface area (Å²) in [5.74, 6) is 3.69. The molecule has 1 fully saturated rings. The van der Waals surface area contributed by atoms with Gasteiger partial charge in [0, 0.05) is 42.0 Å². The smallest absolute Gasteiger partial charge is 0.229 e. The van der Waals surface area contributed by atoms with Gasteiger partial charge in [0.05, 0.1) is 17.9 Å². The third-order valence-electron chi connectivity index (χ3n) is 6.40. The Morgan fingerprint density at radius 1 is 1.06 bits per heavy atom. The molecule has 1 saturated carbocycles. The highest BCUT2D eigenvalue weighted by Crippen LogP contribution is 2.36. The van der Waals surface area contributed by atoms with Crippen LogP contribution in [0.1, 0.15) is 37.3 Å². The van der Waals surface area contributed by atoms with Crippen LogP contribution >= 0.6 is 11.8 Å². The van der Waals surface area contributed by atoms with Crippen molar-refractivity contribution < 1.29 is 0 Å². The summed E-state index contributed by atoms with van der Waals surface area (Å²) in [6.07, 6.45) is 14.7. The number of nitrogens with zero attached hydrogens (tertiary/aromatic N) is 8. The zero-order chi connectivity index (χ0) is 22.7. The van der Waals surface area contributed by atoms with Gasteiger partial charge in [-0.25, -0.2) is 19.9 Å². The van der Waals surface area contributed by atoms with Crippen molar-refractivity contribution >= 4 is 29.5 Å². The van der Waals surface area contributed by atoms with E-state index in [2.05, 4.69) is 61.7 Å². The van der Waals surface area contributed by atoms with E-state index in [-0.39, 0.29) is 0 Å². The van der Waals surface area contributed by atoms with E-state index in [0.29, 0.717) is 23.9 Å². The standard InChI is InChI=1S/C22H25N11S/c1-7-24-20(25-8-1)29-21-30-22(32-31-21)34-12-14-2-4-16(5-3-14)33-11-15(10-28-33)18-17-6-9-23-19(17)27-13-26-18/h1,7-8,10-11,13-14,16H,2-6,9,12H2,(H,23,26,27)(H2,24,25,29,30,31,32). The molecule has 0 atom stereocenters. The Hall–Kier alpha value is -3.54. The molecular weight excluding hydrogens is 450 g/mol. The van der Waals surface area contributed by atoms with Crippen LogP contribution in [0.5, 0.6) is 0 Å². The summed E-state index contributed by atoms with van der Waals surface area (Å²) < 4.78 is 2.13. The molecule has 0 radical (unpaired) electrons. The van der Waals surface area contributed by atoms with E-state index in [1.165, 1.54) is 18.4 Å². The fraction of sp³-hybridized carbons (Fsp3) is 0.409. The van der Waals surface area contributed by atoms with Crippen LogP contribution in [-0.4, -0.2) is 57.2 Å². The Morgan fingerprint density at radius 3 is 2.82 bits per heavy atom. The largest absolute Gasteiger partial charge is 0.369 e. The second-order valence-electron chi connectivity index (χ2n) is 8.60. The normalized spacial score (nSPS) is 19.5. The van der Waals surface area contributed by atoms with Gasteiger partial charge < -0.3 is 10.3 Å². The molecule has 34 heavy (non-hydrogen) atoms. The van der Waals surface area contributed by atoms with Gasteiger partial charge in [0.1, 0.15) is 12.1 Å². The Morgan fingerprint density at radius 2 is 1.94 bits per heavy atom. The van der Waals surface area contributed by atoms with Crippen molar-refractivity contribution in [3.05, 3.63) is 42.7 Å². The van der Waals surface area contributed by atoms with Crippen LogP contribution in [0.15, 0.2) is 42.3 Å². The maximum Gasteiger partial charge on any atom is 0.229 e. The van der Waals surface area contributed by atoms with E-state index >= 15 is 0 Å². The third-order valence-corrected chi connectivity index (χ3v) is 7.49. The molecule has 0 spiro atoms. The van der Waals surface area contributed by atoms with Gasteiger partial charge >= 0.3 is 0 Å². The van der Waals surface area contributed by atoms with Gasteiger partial charge in [0.15, 0.2) is 5.16 Å². The monoisotopic (exact) mass is 475 g/mol. The number of fused-ring (bicyclic) bond motifs is 1. The van der Waals surface area contributed by atoms with Crippen molar-refractivity contribution in [1.82, 2.24) is 44.9 Å². The fourth-order valence-corrected chi connectivity index (χ4v) is 5.62. The summed E-state index contributed by atoms with van der Waals surface area (Å²) in [6.45, 7) is 0.921. The van der Waals surface area contributed by atoms with Crippen molar-refractivity contribution in [2.24, 2.45) is 5.92 Å². The maximum absolute atomic E-state index is 4.69. The number of aromatic nitrogens is 9. The number of hydrogen-bond acceptors (Lipinski definition) is 10. The van der Waals surface area contributed by atoms with Gasteiger partial charge in [-0.2, -0.15) is 5.10 Å². The average molecular weight is 476 g/mol. The van der Waals surface area contributed by atoms with E-state index in [1.54, 1.807) is 36.5 Å². The number of anilines is 3. The molecule has 6 rings (SSSR count). The quantitative estimate of drug-likeness (QED) is 0.341. The molecule has 2 aliphatic rings. The number of rotatable bonds is 7. The lowest BCUT2D eigenvalue weighted by Gasteiger charge is -2.28. The SMILES string of the molecule is c1cnc(Nc2nnc(SCC3CCC(n4cc(-c5ncnc6c5CCN6)cn4)CC3)[nH]2)nc1. The van der Waals surface area contributed by atoms with Gasteiger partial charge in [-0.15, -0.1) is 10.2 Å². The Bertz CT molecular complexity index is 1250. The van der Waals surface area contributed by atoms with Crippen molar-refractivity contribution in [3.63, 3.8) is 0 Å². The molecule has 1 aliphatic heterocycles. The van der Waals surface area contributed by atoms with Gasteiger partial charge in [0.2, 0.25) is 11.9 Å². The Balaban J connectivity index is 1.01. The summed E-state index contributed by atoms with van der Waals surface area (Å²) in [5, 5.41) is 20.2. The van der Waals surface area contributed by atoms with Crippen LogP contribution in [0.25, 0.3) is 11.3 Å². The minimum Gasteiger partial charge on any atom is -0.369 e. The predicted molar refractivity (Wildman–Crippen MR) is 129 cm³/mol. The van der Waals surface area contributed by atoms with Gasteiger partial charge in [-0.1, -0.05) is 11.8 Å². The Kier molecular flexibility index (Phi) is 5.79. The van der Waals surface area contributed by atoms with Crippen molar-refractivity contribution in [1.29, 1.82) is 0 Å². The molecule has 0 saturated heterocycles. The lowest BCUT2D eigenvalue weighted by molar-refractivity contribution is 0.277. The number of thioether (sulfide) groups is 1. The van der Waals surface area contributed by atoms with Crippen LogP contribution in [0.2, 0.25) is 0 Å². The molecule has 1 aliphatic carbocycles. The summed E-state index contributed by atoms with van der Waals surface area (Å²) in [4.78, 5) is 20.3. The molecule has 0 aromatic carbocycles. The first-order valence-corrected chi connectivity index (χ1v) is 12.5. The zero-order valence-electron chi connectivity index (χ0n) is 18.6. The van der Waals surface area contributed by atoms with Crippen molar-refractivity contribution in [3.8, 4) is 11.3 Å². The van der Waals surface area contributed by atoms with Gasteiger partial charge in [0.25, 0.3) is 0 Å². The van der Waals surface area contributed by atoms with E-state index < -0.39 is 0 Å². The van der Waals surface area contributed by atoms with Crippen LogP contribution in [0.4, 0.5) is 17.7 Å². The number of H-pyrrole nitrogens is 1. The number of hydrogen-bond donors (Lipinski definition) is 3. The average Bonchev–Trinajstić information content (AvgIpc) is 3.64. The lowest BCUT2D eigenvalue weighted by Crippen LogP contribution is -2.19. The molecule has 174 valence electrons. The van der Waals surface area contributed by atoms with Gasteiger partial charge in [-0.3, -0.25) is 10.00 Å². The van der Waals surface area contributed by atoms with E-state index in [1.807, 2.05) is 6.20 Å². The van der Waals surface area contributed by atoms with Gasteiger partial charge in [-0.05, 0) is 44.1 Å². The van der Waals surface area contributed by atoms with Crippen LogP contribution in [0.3, 0.4) is 0 Å². The van der Waals surface area contributed by atoms with E-state index in [4.69, 9.17) is 0 Å². The van der Waals surface area contributed by atoms with Crippen LogP contribution in [-0.2, 0) is 6.42 Å². The number of nitrogens with one attached hydrogen (secondary N) is 3. The van der Waals surface area contributed by atoms with E-state index in [0.717, 1.165) is 53.8 Å². The second kappa shape index (κ2) is 9.37. The first kappa shape index (κ1) is 21.0. The molecule has 3 N–H and O–H groups in total. The highest BCUT2D eigenvalue weighted by molar-refractivity contribution is 7.99. The Labute approximate surface area is 200 Å². The topological polar surface area (TPSA) is 135 Å². The van der Waals surface area contributed by atoms with Crippen LogP contribution in [0, 0.1) is 5.92 Å². The highest BCUT2D eigenvalue weighted by atomic mass is 32.2. The fourth-order valence-electron chi connectivity index (χ4n) is 4.63. The lowest BCUT2D eigenvalue weighted by atomic mass is 9.87. The van der Waals surface area contributed by atoms with Crippen molar-refractivity contribution in [2.75, 3.05) is 22.9 Å². The maximum atomic E-state index is 4.69. The molecule has 0 bridgehead atoms. The number of aromatic amines is 1. The minimum absolute atomic E-state index is 0.440. The third kappa shape index (κ3) is 4.45. The summed E-state index contributed by atoms with van der Waals surface area (Å²) in [7, 11) is 0. The minimum atomic E-state index is 0.440. The predicted octanol–water partition coefficient (Wildman–Crippen LogP) is 3.48. The van der Waals surface area contributed by atoms with Crippen LogP contribution < -0.4 is 10.6 Å². The summed E-state index contributed by atoms with van der Waals surface area (Å²) in [6, 6.07) is 2.21. The molecule has 12 heteroatoms. The highest BCUT2D eigenvalue weighted by Gasteiger charge is 2.25. The second-order valence-corrected chi connectivity index (χ2v) is 9.61. The molecule has 5 heterocycles. The molecule has 0 amide bonds. The molecule has 4 aromatic rings. The molecular formula is C22H25N11S. The molecule has 11 nitrogen and oxygen atoms in total.